The molecule has 1 amide bonds. The van der Waals surface area contributed by atoms with E-state index in [1.807, 2.05) is 51.0 Å². The van der Waals surface area contributed by atoms with Gasteiger partial charge in [0, 0.05) is 12.2 Å². The van der Waals surface area contributed by atoms with Crippen LogP contribution in [0.25, 0.3) is 0 Å². The maximum atomic E-state index is 12.5. The van der Waals surface area contributed by atoms with Gasteiger partial charge in [-0.25, -0.2) is 8.42 Å². The maximum Gasteiger partial charge on any atom is 0.239 e. The zero-order valence-corrected chi connectivity index (χ0v) is 16.8. The Kier molecular flexibility index (Phi) is 8.55. The maximum absolute atomic E-state index is 12.5. The second-order valence-corrected chi connectivity index (χ2v) is 8.44. The van der Waals surface area contributed by atoms with Crippen molar-refractivity contribution in [2.45, 2.75) is 33.1 Å². The molecule has 0 spiro atoms. The van der Waals surface area contributed by atoms with Crippen LogP contribution in [0.1, 0.15) is 31.4 Å². The molecule has 0 atom stereocenters. The second kappa shape index (κ2) is 9.89. The normalized spacial score (nSPS) is 12.0. The molecule has 0 fully saturated rings. The first-order valence-electron chi connectivity index (χ1n) is 8.69. The number of hydrogen-bond acceptors (Lipinski definition) is 4. The van der Waals surface area contributed by atoms with Crippen molar-refractivity contribution in [3.8, 4) is 0 Å². The summed E-state index contributed by atoms with van der Waals surface area (Å²) < 4.78 is 25.2. The van der Waals surface area contributed by atoms with E-state index in [4.69, 9.17) is 0 Å². The van der Waals surface area contributed by atoms with Crippen LogP contribution in [0.3, 0.4) is 0 Å². The van der Waals surface area contributed by atoms with Crippen LogP contribution in [0.4, 0.5) is 5.69 Å². The largest absolute Gasteiger partial charge is 0.324 e. The molecule has 25 heavy (non-hydrogen) atoms. The standard InChI is InChI=1S/C18H31N3O3S/c1-6-15-10-8-11-16(7-2)18(15)19-17(22)14-21(25(5,23)24)13-9-12-20(3)4/h8,10-11H,6-7,9,12-14H2,1-5H3,(H,19,22). The molecule has 1 N–H and O–H groups in total. The van der Waals surface area contributed by atoms with Crippen molar-refractivity contribution in [2.24, 2.45) is 0 Å². The van der Waals surface area contributed by atoms with Crippen molar-refractivity contribution in [3.05, 3.63) is 29.3 Å². The van der Waals surface area contributed by atoms with E-state index in [0.29, 0.717) is 13.0 Å². The lowest BCUT2D eigenvalue weighted by Gasteiger charge is -2.21. The highest BCUT2D eigenvalue weighted by Gasteiger charge is 2.20. The van der Waals surface area contributed by atoms with E-state index in [0.717, 1.165) is 42.5 Å². The smallest absolute Gasteiger partial charge is 0.239 e. The quantitative estimate of drug-likeness (QED) is 0.684. The minimum absolute atomic E-state index is 0.159. The van der Waals surface area contributed by atoms with Gasteiger partial charge >= 0.3 is 0 Å². The van der Waals surface area contributed by atoms with Crippen LogP contribution in [-0.2, 0) is 27.7 Å². The van der Waals surface area contributed by atoms with Crippen molar-refractivity contribution in [1.82, 2.24) is 9.21 Å². The minimum Gasteiger partial charge on any atom is -0.324 e. The van der Waals surface area contributed by atoms with Gasteiger partial charge < -0.3 is 10.2 Å². The van der Waals surface area contributed by atoms with Crippen LogP contribution in [0.5, 0.6) is 0 Å². The third kappa shape index (κ3) is 7.13. The minimum atomic E-state index is -3.43. The Morgan fingerprint density at radius 2 is 1.64 bits per heavy atom. The van der Waals surface area contributed by atoms with Gasteiger partial charge in [-0.15, -0.1) is 0 Å². The van der Waals surface area contributed by atoms with Gasteiger partial charge in [0.2, 0.25) is 15.9 Å². The molecular weight excluding hydrogens is 338 g/mol. The molecule has 6 nitrogen and oxygen atoms in total. The summed E-state index contributed by atoms with van der Waals surface area (Å²) >= 11 is 0. The van der Waals surface area contributed by atoms with Crippen LogP contribution in [-0.4, -0.2) is 63.5 Å². The number of benzene rings is 1. The number of carbonyl (C=O) groups excluding carboxylic acids is 1. The molecule has 0 radical (unpaired) electrons. The van der Waals surface area contributed by atoms with Crippen molar-refractivity contribution in [3.63, 3.8) is 0 Å². The number of hydrogen-bond donors (Lipinski definition) is 1. The molecule has 0 aliphatic carbocycles. The summed E-state index contributed by atoms with van der Waals surface area (Å²) in [6, 6.07) is 5.96. The molecule has 0 unspecified atom stereocenters. The van der Waals surface area contributed by atoms with Gasteiger partial charge in [-0.3, -0.25) is 4.79 Å². The van der Waals surface area contributed by atoms with Crippen molar-refractivity contribution in [2.75, 3.05) is 45.3 Å². The number of anilines is 1. The fourth-order valence-corrected chi connectivity index (χ4v) is 3.48. The van der Waals surface area contributed by atoms with Crippen LogP contribution in [0, 0.1) is 0 Å². The lowest BCUT2D eigenvalue weighted by atomic mass is 10.0. The highest BCUT2D eigenvalue weighted by Crippen LogP contribution is 2.22. The van der Waals surface area contributed by atoms with Crippen LogP contribution >= 0.6 is 0 Å². The fraction of sp³-hybridized carbons (Fsp3) is 0.611. The average molecular weight is 370 g/mol. The van der Waals surface area contributed by atoms with Crippen molar-refractivity contribution >= 4 is 21.6 Å². The molecular formula is C18H31N3O3S. The topological polar surface area (TPSA) is 69.7 Å². The monoisotopic (exact) mass is 369 g/mol. The highest BCUT2D eigenvalue weighted by atomic mass is 32.2. The van der Waals surface area contributed by atoms with E-state index in [-0.39, 0.29) is 12.5 Å². The summed E-state index contributed by atoms with van der Waals surface area (Å²) in [6.45, 7) is 5.02. The summed E-state index contributed by atoms with van der Waals surface area (Å²) in [5, 5.41) is 2.93. The Morgan fingerprint density at radius 3 is 2.08 bits per heavy atom. The number of rotatable bonds is 10. The molecule has 142 valence electrons. The molecule has 0 heterocycles. The number of amides is 1. The van der Waals surface area contributed by atoms with Crippen LogP contribution in [0.2, 0.25) is 0 Å². The number of nitrogens with zero attached hydrogens (tertiary/aromatic N) is 2. The van der Waals surface area contributed by atoms with Gasteiger partial charge in [-0.2, -0.15) is 4.31 Å². The number of carbonyl (C=O) groups is 1. The molecule has 1 aromatic carbocycles. The molecule has 0 aromatic heterocycles. The van der Waals surface area contributed by atoms with Crippen molar-refractivity contribution < 1.29 is 13.2 Å². The number of aryl methyl sites for hydroxylation is 2. The molecule has 0 aliphatic rings. The predicted octanol–water partition coefficient (Wildman–Crippen LogP) is 1.96. The molecule has 1 rings (SSSR count). The van der Waals surface area contributed by atoms with Gasteiger partial charge in [0.25, 0.3) is 0 Å². The summed E-state index contributed by atoms with van der Waals surface area (Å²) in [5.41, 5.74) is 2.94. The molecule has 0 saturated carbocycles. The van der Waals surface area contributed by atoms with Gasteiger partial charge in [0.1, 0.15) is 0 Å². The Bertz CT molecular complexity index is 650. The molecule has 7 heteroatoms. The van der Waals surface area contributed by atoms with Crippen molar-refractivity contribution in [1.29, 1.82) is 0 Å². The second-order valence-electron chi connectivity index (χ2n) is 6.46. The molecule has 0 bridgehead atoms. The van der Waals surface area contributed by atoms with Crippen LogP contribution < -0.4 is 5.32 Å². The number of nitrogens with one attached hydrogen (secondary N) is 1. The van der Waals surface area contributed by atoms with E-state index < -0.39 is 10.0 Å². The van der Waals surface area contributed by atoms with Gasteiger partial charge in [-0.05, 0) is 51.0 Å². The molecule has 1 aromatic rings. The van der Waals surface area contributed by atoms with E-state index in [2.05, 4.69) is 5.32 Å². The first-order valence-corrected chi connectivity index (χ1v) is 10.5. The lowest BCUT2D eigenvalue weighted by molar-refractivity contribution is -0.116. The third-order valence-corrected chi connectivity index (χ3v) is 5.31. The first-order chi connectivity index (χ1) is 11.7. The lowest BCUT2D eigenvalue weighted by Crippen LogP contribution is -2.39. The number of para-hydroxylation sites is 1. The highest BCUT2D eigenvalue weighted by molar-refractivity contribution is 7.88. The Labute approximate surface area is 152 Å². The molecule has 0 saturated heterocycles. The average Bonchev–Trinajstić information content (AvgIpc) is 2.52. The number of sulfonamides is 1. The summed E-state index contributed by atoms with van der Waals surface area (Å²) in [5.74, 6) is -0.300. The van der Waals surface area contributed by atoms with Gasteiger partial charge in [0.15, 0.2) is 0 Å². The SMILES string of the molecule is CCc1cccc(CC)c1NC(=O)CN(CCCN(C)C)S(C)(=O)=O. The Morgan fingerprint density at radius 1 is 1.08 bits per heavy atom. The van der Waals surface area contributed by atoms with Gasteiger partial charge in [0.05, 0.1) is 12.8 Å². The van der Waals surface area contributed by atoms with Gasteiger partial charge in [-0.1, -0.05) is 32.0 Å². The Hall–Kier alpha value is -1.44. The molecule has 0 aliphatic heterocycles. The van der Waals surface area contributed by atoms with E-state index in [1.165, 1.54) is 4.31 Å². The predicted molar refractivity (Wildman–Crippen MR) is 103 cm³/mol. The third-order valence-electron chi connectivity index (χ3n) is 4.07. The zero-order chi connectivity index (χ0) is 19.0. The Balaban J connectivity index is 2.85. The van der Waals surface area contributed by atoms with E-state index in [1.54, 1.807) is 0 Å². The van der Waals surface area contributed by atoms with Crippen LogP contribution in [0.15, 0.2) is 18.2 Å². The van der Waals surface area contributed by atoms with E-state index >= 15 is 0 Å². The summed E-state index contributed by atoms with van der Waals surface area (Å²) in [7, 11) is 0.444. The zero-order valence-electron chi connectivity index (χ0n) is 16.0. The first kappa shape index (κ1) is 21.6. The summed E-state index contributed by atoms with van der Waals surface area (Å²) in [6.07, 6.45) is 3.44. The fourth-order valence-electron chi connectivity index (χ4n) is 2.67. The van der Waals surface area contributed by atoms with E-state index in [9.17, 15) is 13.2 Å². The summed E-state index contributed by atoms with van der Waals surface area (Å²) in [4.78, 5) is 14.5.